The number of imide groups is 2. The van der Waals surface area contributed by atoms with Gasteiger partial charge in [0, 0.05) is 17.4 Å². The highest BCUT2D eigenvalue weighted by Crippen LogP contribution is 2.37. The van der Waals surface area contributed by atoms with Crippen molar-refractivity contribution in [3.8, 4) is 28.2 Å². The van der Waals surface area contributed by atoms with Crippen molar-refractivity contribution in [3.05, 3.63) is 133 Å². The normalized spacial score (nSPS) is 14.5. The summed E-state index contributed by atoms with van der Waals surface area (Å²) in [5, 5.41) is 2.30. The molecule has 188 valence electrons. The van der Waals surface area contributed by atoms with Gasteiger partial charge in [0.25, 0.3) is 11.8 Å². The molecule has 0 unspecified atom stereocenters. The molecule has 6 rings (SSSR count). The van der Waals surface area contributed by atoms with E-state index in [4.69, 9.17) is 0 Å². The lowest BCUT2D eigenvalue weighted by atomic mass is 10.0. The predicted octanol–water partition coefficient (Wildman–Crippen LogP) is 5.87. The fourth-order valence-electron chi connectivity index (χ4n) is 4.73. The van der Waals surface area contributed by atoms with E-state index >= 15 is 0 Å². The average Bonchev–Trinajstić information content (AvgIpc) is 3.36. The minimum Gasteiger partial charge on any atom is -0.309 e. The number of barbiturate groups is 1. The zero-order valence-corrected chi connectivity index (χ0v) is 20.7. The van der Waals surface area contributed by atoms with Gasteiger partial charge in [0.15, 0.2) is 0 Å². The van der Waals surface area contributed by atoms with Crippen LogP contribution in [-0.2, 0) is 9.59 Å². The Kier molecular flexibility index (Phi) is 6.15. The van der Waals surface area contributed by atoms with Crippen molar-refractivity contribution in [1.82, 2.24) is 14.9 Å². The van der Waals surface area contributed by atoms with Crippen LogP contribution < -0.4 is 10.2 Å². The summed E-state index contributed by atoms with van der Waals surface area (Å²) in [5.74, 6) is -1.47. The molecular formula is C32H22N4O3. The lowest BCUT2D eigenvalue weighted by Crippen LogP contribution is -2.54. The molecule has 3 heterocycles. The van der Waals surface area contributed by atoms with Crippen LogP contribution in [0.1, 0.15) is 5.56 Å². The van der Waals surface area contributed by atoms with Gasteiger partial charge in [-0.25, -0.2) is 9.69 Å². The SMILES string of the molecule is O=C1NC(=O)N(c2cccnc2)C(=O)/C1=C\c1cc(-c2ccccc2)n(-c2ccccc2)c1-c1ccccc1. The van der Waals surface area contributed by atoms with Gasteiger partial charge in [-0.1, -0.05) is 78.9 Å². The third-order valence-corrected chi connectivity index (χ3v) is 6.47. The van der Waals surface area contributed by atoms with Crippen molar-refractivity contribution < 1.29 is 14.4 Å². The maximum atomic E-state index is 13.6. The molecule has 1 aliphatic rings. The van der Waals surface area contributed by atoms with Crippen molar-refractivity contribution >= 4 is 29.6 Å². The number of benzene rings is 3. The van der Waals surface area contributed by atoms with Crippen LogP contribution >= 0.6 is 0 Å². The summed E-state index contributed by atoms with van der Waals surface area (Å²) in [6, 6.07) is 34.0. The highest BCUT2D eigenvalue weighted by Gasteiger charge is 2.37. The zero-order chi connectivity index (χ0) is 26.8. The van der Waals surface area contributed by atoms with Crippen LogP contribution in [0.5, 0.6) is 0 Å². The van der Waals surface area contributed by atoms with Crippen molar-refractivity contribution in [1.29, 1.82) is 0 Å². The number of aromatic nitrogens is 2. The molecule has 1 fully saturated rings. The van der Waals surface area contributed by atoms with E-state index in [0.29, 0.717) is 5.56 Å². The van der Waals surface area contributed by atoms with E-state index < -0.39 is 17.8 Å². The fraction of sp³-hybridized carbons (Fsp3) is 0. The number of amides is 4. The summed E-state index contributed by atoms with van der Waals surface area (Å²) >= 11 is 0. The van der Waals surface area contributed by atoms with E-state index in [-0.39, 0.29) is 11.3 Å². The van der Waals surface area contributed by atoms with Crippen molar-refractivity contribution in [2.24, 2.45) is 0 Å². The van der Waals surface area contributed by atoms with E-state index in [1.54, 1.807) is 24.4 Å². The number of rotatable bonds is 5. The third-order valence-electron chi connectivity index (χ3n) is 6.47. The molecule has 0 saturated carbocycles. The molecule has 5 aromatic rings. The summed E-state index contributed by atoms with van der Waals surface area (Å²) in [5.41, 5.74) is 5.26. The summed E-state index contributed by atoms with van der Waals surface area (Å²) in [7, 11) is 0. The molecule has 0 spiro atoms. The molecule has 0 radical (unpaired) electrons. The molecule has 7 heteroatoms. The van der Waals surface area contributed by atoms with Crippen LogP contribution in [0.2, 0.25) is 0 Å². The number of carbonyl (C=O) groups is 3. The second kappa shape index (κ2) is 10.1. The number of hydrogen-bond acceptors (Lipinski definition) is 4. The summed E-state index contributed by atoms with van der Waals surface area (Å²) in [6.07, 6.45) is 4.50. The van der Waals surface area contributed by atoms with E-state index in [1.807, 2.05) is 97.1 Å². The first-order valence-corrected chi connectivity index (χ1v) is 12.4. The monoisotopic (exact) mass is 510 g/mol. The van der Waals surface area contributed by atoms with Gasteiger partial charge >= 0.3 is 6.03 Å². The Morgan fingerprint density at radius 2 is 1.31 bits per heavy atom. The number of carbonyl (C=O) groups excluding carboxylic acids is 3. The molecule has 2 aromatic heterocycles. The molecule has 1 aliphatic heterocycles. The van der Waals surface area contributed by atoms with E-state index in [9.17, 15) is 14.4 Å². The molecule has 4 amide bonds. The van der Waals surface area contributed by atoms with Crippen LogP contribution in [-0.4, -0.2) is 27.4 Å². The molecular weight excluding hydrogens is 488 g/mol. The zero-order valence-electron chi connectivity index (χ0n) is 20.7. The molecule has 0 bridgehead atoms. The van der Waals surface area contributed by atoms with Gasteiger partial charge in [0.2, 0.25) is 0 Å². The Labute approximate surface area is 224 Å². The second-order valence-electron chi connectivity index (χ2n) is 8.91. The standard InChI is InChI=1S/C32H22N4O3/c37-30-27(31(38)36(32(39)34-30)26-17-10-18-33-21-26)19-24-20-28(22-11-4-1-5-12-22)35(25-15-8-3-9-16-25)29(24)23-13-6-2-7-14-23/h1-21H,(H,34,37,39)/b27-19-. The van der Waals surface area contributed by atoms with Crippen LogP contribution in [0.4, 0.5) is 10.5 Å². The number of para-hydroxylation sites is 1. The maximum absolute atomic E-state index is 13.6. The van der Waals surface area contributed by atoms with Gasteiger partial charge in [0.05, 0.1) is 23.3 Å². The Morgan fingerprint density at radius 1 is 0.692 bits per heavy atom. The maximum Gasteiger partial charge on any atom is 0.336 e. The average molecular weight is 511 g/mol. The summed E-state index contributed by atoms with van der Waals surface area (Å²) in [4.78, 5) is 44.2. The van der Waals surface area contributed by atoms with Crippen LogP contribution in [0.3, 0.4) is 0 Å². The number of pyridine rings is 1. The molecule has 39 heavy (non-hydrogen) atoms. The summed E-state index contributed by atoms with van der Waals surface area (Å²) in [6.45, 7) is 0. The van der Waals surface area contributed by atoms with E-state index in [1.165, 1.54) is 6.20 Å². The first kappa shape index (κ1) is 23.8. The quantitative estimate of drug-likeness (QED) is 0.237. The first-order valence-electron chi connectivity index (χ1n) is 12.4. The van der Waals surface area contributed by atoms with Gasteiger partial charge in [0.1, 0.15) is 5.57 Å². The Balaban J connectivity index is 1.60. The topological polar surface area (TPSA) is 84.3 Å². The highest BCUT2D eigenvalue weighted by atomic mass is 16.2. The molecule has 0 aliphatic carbocycles. The lowest BCUT2D eigenvalue weighted by Gasteiger charge is -2.26. The van der Waals surface area contributed by atoms with Gasteiger partial charge in [-0.05, 0) is 47.5 Å². The fourth-order valence-corrected chi connectivity index (χ4v) is 4.73. The van der Waals surface area contributed by atoms with Crippen LogP contribution in [0, 0.1) is 0 Å². The number of nitrogens with zero attached hydrogens (tertiary/aromatic N) is 3. The highest BCUT2D eigenvalue weighted by molar-refractivity contribution is 6.39. The third kappa shape index (κ3) is 4.42. The predicted molar refractivity (Wildman–Crippen MR) is 150 cm³/mol. The molecule has 0 atom stereocenters. The molecule has 7 nitrogen and oxygen atoms in total. The van der Waals surface area contributed by atoms with Crippen molar-refractivity contribution in [2.45, 2.75) is 0 Å². The minimum absolute atomic E-state index is 0.152. The van der Waals surface area contributed by atoms with Crippen molar-refractivity contribution in [3.63, 3.8) is 0 Å². The number of urea groups is 1. The van der Waals surface area contributed by atoms with Crippen LogP contribution in [0.25, 0.3) is 34.3 Å². The summed E-state index contributed by atoms with van der Waals surface area (Å²) < 4.78 is 2.12. The number of nitrogens with one attached hydrogen (secondary N) is 1. The smallest absolute Gasteiger partial charge is 0.309 e. The second-order valence-corrected chi connectivity index (χ2v) is 8.91. The first-order chi connectivity index (χ1) is 19.1. The number of hydrogen-bond donors (Lipinski definition) is 1. The Bertz CT molecular complexity index is 1710. The molecule has 1 N–H and O–H groups in total. The van der Waals surface area contributed by atoms with Crippen molar-refractivity contribution in [2.75, 3.05) is 4.90 Å². The lowest BCUT2D eigenvalue weighted by molar-refractivity contribution is -0.122. The molecule has 3 aromatic carbocycles. The largest absolute Gasteiger partial charge is 0.336 e. The van der Waals surface area contributed by atoms with Crippen LogP contribution in [0.15, 0.2) is 127 Å². The minimum atomic E-state index is -0.815. The van der Waals surface area contributed by atoms with E-state index in [2.05, 4.69) is 14.9 Å². The Hall–Kier alpha value is -5.56. The van der Waals surface area contributed by atoms with Gasteiger partial charge in [-0.2, -0.15) is 0 Å². The number of anilines is 1. The Morgan fingerprint density at radius 3 is 1.95 bits per heavy atom. The van der Waals surface area contributed by atoms with E-state index in [0.717, 1.165) is 33.1 Å². The van der Waals surface area contributed by atoms with Gasteiger partial charge < -0.3 is 4.57 Å². The van der Waals surface area contributed by atoms with Gasteiger partial charge in [-0.3, -0.25) is 19.9 Å². The van der Waals surface area contributed by atoms with Gasteiger partial charge in [-0.15, -0.1) is 0 Å². The molecule has 1 saturated heterocycles.